The minimum atomic E-state index is -0.908. The highest BCUT2D eigenvalue weighted by Gasteiger charge is 2.29. The SMILES string of the molecule is CC(C)(Sc1nc(CCNc2ccc(-c3ccc(F)cc3)nn2)cs1)C(=O)O. The number of carboxylic acid groups (broad SMARTS) is 1. The molecule has 146 valence electrons. The van der Waals surface area contributed by atoms with Crippen LogP contribution < -0.4 is 5.32 Å². The Morgan fingerprint density at radius 1 is 1.21 bits per heavy atom. The van der Waals surface area contributed by atoms with Crippen LogP contribution in [0.25, 0.3) is 11.3 Å². The van der Waals surface area contributed by atoms with Crippen molar-refractivity contribution in [3.63, 3.8) is 0 Å². The zero-order chi connectivity index (χ0) is 20.1. The molecule has 28 heavy (non-hydrogen) atoms. The van der Waals surface area contributed by atoms with Crippen molar-refractivity contribution in [2.24, 2.45) is 0 Å². The topological polar surface area (TPSA) is 88.0 Å². The van der Waals surface area contributed by atoms with Crippen LogP contribution in [-0.2, 0) is 11.2 Å². The summed E-state index contributed by atoms with van der Waals surface area (Å²) >= 11 is 2.69. The standard InChI is InChI=1S/C19H19FN4O2S2/c1-19(2,17(25)26)28-18-22-14(11-27-18)9-10-21-16-8-7-15(23-24-16)12-3-5-13(20)6-4-12/h3-8,11H,9-10H2,1-2H3,(H,21,24)(H,25,26). The highest BCUT2D eigenvalue weighted by atomic mass is 32.2. The molecule has 0 fully saturated rings. The smallest absolute Gasteiger partial charge is 0.319 e. The molecule has 0 saturated carbocycles. The Labute approximate surface area is 170 Å². The highest BCUT2D eigenvalue weighted by molar-refractivity contribution is 8.02. The first-order valence-electron chi connectivity index (χ1n) is 8.54. The number of thiazole rings is 1. The van der Waals surface area contributed by atoms with E-state index in [2.05, 4.69) is 20.5 Å². The first-order chi connectivity index (χ1) is 13.3. The second-order valence-corrected chi connectivity index (χ2v) is 9.24. The zero-order valence-corrected chi connectivity index (χ0v) is 17.0. The van der Waals surface area contributed by atoms with E-state index in [0.717, 1.165) is 15.6 Å². The molecule has 3 aromatic rings. The van der Waals surface area contributed by atoms with Crippen molar-refractivity contribution in [1.29, 1.82) is 0 Å². The Morgan fingerprint density at radius 3 is 2.61 bits per heavy atom. The molecule has 9 heteroatoms. The van der Waals surface area contributed by atoms with E-state index in [-0.39, 0.29) is 5.82 Å². The Bertz CT molecular complexity index is 943. The molecule has 2 N–H and O–H groups in total. The summed E-state index contributed by atoms with van der Waals surface area (Å²) in [7, 11) is 0. The van der Waals surface area contributed by atoms with Crippen LogP contribution >= 0.6 is 23.1 Å². The van der Waals surface area contributed by atoms with Crippen LogP contribution in [0.5, 0.6) is 0 Å². The summed E-state index contributed by atoms with van der Waals surface area (Å²) in [5.74, 6) is -0.508. The third-order valence-corrected chi connectivity index (χ3v) is 6.05. The lowest BCUT2D eigenvalue weighted by Gasteiger charge is -2.15. The molecule has 0 aliphatic rings. The van der Waals surface area contributed by atoms with E-state index in [0.29, 0.717) is 24.5 Å². The van der Waals surface area contributed by atoms with Crippen LogP contribution in [0.4, 0.5) is 10.2 Å². The lowest BCUT2D eigenvalue weighted by atomic mass is 10.1. The van der Waals surface area contributed by atoms with Crippen LogP contribution in [0.1, 0.15) is 19.5 Å². The number of nitrogens with zero attached hydrogens (tertiary/aromatic N) is 3. The maximum Gasteiger partial charge on any atom is 0.319 e. The van der Waals surface area contributed by atoms with Gasteiger partial charge in [-0.15, -0.1) is 21.5 Å². The van der Waals surface area contributed by atoms with Crippen molar-refractivity contribution in [2.75, 3.05) is 11.9 Å². The summed E-state index contributed by atoms with van der Waals surface area (Å²) in [6.45, 7) is 3.95. The van der Waals surface area contributed by atoms with E-state index in [1.807, 2.05) is 17.5 Å². The van der Waals surface area contributed by atoms with Gasteiger partial charge in [-0.05, 0) is 50.2 Å². The average Bonchev–Trinajstić information content (AvgIpc) is 3.09. The van der Waals surface area contributed by atoms with Gasteiger partial charge in [0.1, 0.15) is 16.4 Å². The van der Waals surface area contributed by atoms with E-state index in [9.17, 15) is 14.3 Å². The number of nitrogens with one attached hydrogen (secondary N) is 1. The van der Waals surface area contributed by atoms with Crippen molar-refractivity contribution >= 4 is 34.9 Å². The Balaban J connectivity index is 1.51. The number of thioether (sulfide) groups is 1. The third-order valence-electron chi connectivity index (χ3n) is 3.88. The number of carbonyl (C=O) groups is 1. The Kier molecular flexibility index (Phi) is 6.25. The largest absolute Gasteiger partial charge is 0.480 e. The molecule has 0 bridgehead atoms. The molecular formula is C19H19FN4O2S2. The van der Waals surface area contributed by atoms with Gasteiger partial charge in [-0.3, -0.25) is 4.79 Å². The molecule has 0 atom stereocenters. The van der Waals surface area contributed by atoms with Gasteiger partial charge < -0.3 is 10.4 Å². The Morgan fingerprint density at radius 2 is 1.96 bits per heavy atom. The molecule has 0 aliphatic carbocycles. The number of aromatic nitrogens is 3. The van der Waals surface area contributed by atoms with Gasteiger partial charge in [0, 0.05) is 23.9 Å². The van der Waals surface area contributed by atoms with Crippen LogP contribution in [0.2, 0.25) is 0 Å². The van der Waals surface area contributed by atoms with Gasteiger partial charge in [-0.1, -0.05) is 11.8 Å². The molecule has 1 aromatic carbocycles. The molecule has 2 heterocycles. The van der Waals surface area contributed by atoms with Crippen LogP contribution in [0, 0.1) is 5.82 Å². The van der Waals surface area contributed by atoms with E-state index in [1.54, 1.807) is 26.0 Å². The fourth-order valence-corrected chi connectivity index (χ4v) is 4.46. The minimum absolute atomic E-state index is 0.287. The first-order valence-corrected chi connectivity index (χ1v) is 10.2. The quantitative estimate of drug-likeness (QED) is 0.526. The fourth-order valence-electron chi connectivity index (χ4n) is 2.23. The van der Waals surface area contributed by atoms with Gasteiger partial charge >= 0.3 is 5.97 Å². The molecule has 0 amide bonds. The fraction of sp³-hybridized carbons (Fsp3) is 0.263. The maximum absolute atomic E-state index is 13.0. The van der Waals surface area contributed by atoms with Gasteiger partial charge in [0.2, 0.25) is 0 Å². The van der Waals surface area contributed by atoms with Crippen LogP contribution in [0.15, 0.2) is 46.1 Å². The molecule has 2 aromatic heterocycles. The number of hydrogen-bond acceptors (Lipinski definition) is 7. The van der Waals surface area contributed by atoms with E-state index in [4.69, 9.17) is 0 Å². The predicted octanol–water partition coefficient (Wildman–Crippen LogP) is 4.35. The summed E-state index contributed by atoms with van der Waals surface area (Å²) < 4.78 is 12.8. The number of anilines is 1. The van der Waals surface area contributed by atoms with Crippen molar-refractivity contribution in [3.8, 4) is 11.3 Å². The first kappa shape index (κ1) is 20.2. The lowest BCUT2D eigenvalue weighted by Crippen LogP contribution is -2.26. The second kappa shape index (κ2) is 8.66. The summed E-state index contributed by atoms with van der Waals surface area (Å²) in [5, 5.41) is 22.6. The van der Waals surface area contributed by atoms with E-state index >= 15 is 0 Å². The number of halogens is 1. The second-order valence-electron chi connectivity index (χ2n) is 6.51. The van der Waals surface area contributed by atoms with Gasteiger partial charge in [0.05, 0.1) is 11.4 Å². The molecule has 0 radical (unpaired) electrons. The summed E-state index contributed by atoms with van der Waals surface area (Å²) in [6, 6.07) is 9.76. The average molecular weight is 419 g/mol. The van der Waals surface area contributed by atoms with Gasteiger partial charge in [-0.2, -0.15) is 0 Å². The number of hydrogen-bond donors (Lipinski definition) is 2. The summed E-state index contributed by atoms with van der Waals surface area (Å²) in [4.78, 5) is 15.7. The van der Waals surface area contributed by atoms with E-state index in [1.165, 1.54) is 35.2 Å². The monoisotopic (exact) mass is 418 g/mol. The molecule has 3 rings (SSSR count). The van der Waals surface area contributed by atoms with Gasteiger partial charge in [0.15, 0.2) is 4.34 Å². The minimum Gasteiger partial charge on any atom is -0.480 e. The summed E-state index contributed by atoms with van der Waals surface area (Å²) in [5.41, 5.74) is 2.38. The molecular weight excluding hydrogens is 399 g/mol. The highest BCUT2D eigenvalue weighted by Crippen LogP contribution is 2.34. The number of carboxylic acids is 1. The maximum atomic E-state index is 13.0. The zero-order valence-electron chi connectivity index (χ0n) is 15.3. The third kappa shape index (κ3) is 5.26. The molecule has 6 nitrogen and oxygen atoms in total. The van der Waals surface area contributed by atoms with Crippen molar-refractivity contribution in [1.82, 2.24) is 15.2 Å². The van der Waals surface area contributed by atoms with Crippen LogP contribution in [0.3, 0.4) is 0 Å². The van der Waals surface area contributed by atoms with Crippen molar-refractivity contribution in [2.45, 2.75) is 29.4 Å². The molecule has 0 spiro atoms. The molecule has 0 saturated heterocycles. The van der Waals surface area contributed by atoms with Gasteiger partial charge in [-0.25, -0.2) is 9.37 Å². The number of aliphatic carboxylic acids is 1. The lowest BCUT2D eigenvalue weighted by molar-refractivity contribution is -0.138. The number of rotatable bonds is 8. The van der Waals surface area contributed by atoms with Gasteiger partial charge in [0.25, 0.3) is 0 Å². The summed E-state index contributed by atoms with van der Waals surface area (Å²) in [6.07, 6.45) is 0.686. The van der Waals surface area contributed by atoms with Crippen molar-refractivity contribution in [3.05, 3.63) is 53.3 Å². The van der Waals surface area contributed by atoms with Crippen LogP contribution in [-0.4, -0.2) is 37.5 Å². The van der Waals surface area contributed by atoms with Crippen molar-refractivity contribution < 1.29 is 14.3 Å². The molecule has 0 unspecified atom stereocenters. The normalized spacial score (nSPS) is 11.4. The van der Waals surface area contributed by atoms with E-state index < -0.39 is 10.7 Å². The molecule has 0 aliphatic heterocycles. The Hall–Kier alpha value is -2.52. The predicted molar refractivity (Wildman–Crippen MR) is 109 cm³/mol. The number of benzene rings is 1.